The van der Waals surface area contributed by atoms with Crippen LogP contribution in [0.2, 0.25) is 0 Å². The van der Waals surface area contributed by atoms with E-state index in [1.807, 2.05) is 20.0 Å². The largest absolute Gasteiger partial charge is 0.265 e. The van der Waals surface area contributed by atoms with E-state index in [1.54, 1.807) is 12.4 Å². The molecule has 0 aliphatic carbocycles. The number of hydrogen-bond donors (Lipinski definition) is 0. The predicted molar refractivity (Wildman–Crippen MR) is 32.4 cm³/mol. The van der Waals surface area contributed by atoms with Gasteiger partial charge in [0.25, 0.3) is 0 Å². The van der Waals surface area contributed by atoms with E-state index in [-0.39, 0.29) is 0 Å². The van der Waals surface area contributed by atoms with Gasteiger partial charge in [-0.1, -0.05) is 17.6 Å². The van der Waals surface area contributed by atoms with Gasteiger partial charge in [-0.2, -0.15) is 0 Å². The Morgan fingerprint density at radius 2 is 1.86 bits per heavy atom. The van der Waals surface area contributed by atoms with E-state index >= 15 is 0 Å². The summed E-state index contributed by atoms with van der Waals surface area (Å²) in [5.41, 5.74) is 1.26. The van der Waals surface area contributed by atoms with E-state index < -0.39 is 0 Å². The van der Waals surface area contributed by atoms with Crippen LogP contribution in [-0.4, -0.2) is 12.8 Å². The molecule has 0 N–H and O–H groups in total. The molecule has 0 amide bonds. The van der Waals surface area contributed by atoms with Gasteiger partial charge in [0.2, 0.25) is 0 Å². The van der Waals surface area contributed by atoms with Crippen LogP contribution in [0.4, 0.5) is 0 Å². The molecule has 0 aliphatic rings. The molecular formula is C5H6BN. The Labute approximate surface area is 43.8 Å². The maximum absolute atomic E-state index is 3.85. The van der Waals surface area contributed by atoms with Crippen LogP contribution in [-0.2, 0) is 0 Å². The highest BCUT2D eigenvalue weighted by Crippen LogP contribution is 1.69. The smallest absolute Gasteiger partial charge is 0.139 e. The second-order valence-electron chi connectivity index (χ2n) is 1.52. The number of nitrogens with zero attached hydrogens (tertiary/aromatic N) is 1. The molecular weight excluding hydrogens is 84.9 g/mol. The summed E-state index contributed by atoms with van der Waals surface area (Å²) in [4.78, 5) is 3.85. The fourth-order valence-corrected chi connectivity index (χ4v) is 0.426. The molecule has 0 saturated carbocycles. The first-order valence-electron chi connectivity index (χ1n) is 2.26. The fourth-order valence-electron chi connectivity index (χ4n) is 0.426. The van der Waals surface area contributed by atoms with Crippen molar-refractivity contribution < 1.29 is 0 Å². The normalized spacial score (nSPS) is 8.57. The van der Waals surface area contributed by atoms with Crippen molar-refractivity contribution >= 4 is 13.3 Å². The lowest BCUT2D eigenvalue weighted by molar-refractivity contribution is 1.34. The van der Waals surface area contributed by atoms with Crippen molar-refractivity contribution in [1.29, 1.82) is 0 Å². The molecule has 1 heterocycles. The highest BCUT2D eigenvalue weighted by molar-refractivity contribution is 6.32. The average Bonchev–Trinajstić information content (AvgIpc) is 1.69. The van der Waals surface area contributed by atoms with E-state index in [4.69, 9.17) is 0 Å². The van der Waals surface area contributed by atoms with Crippen molar-refractivity contribution in [3.05, 3.63) is 24.5 Å². The molecule has 0 aliphatic heterocycles. The molecule has 0 radical (unpaired) electrons. The van der Waals surface area contributed by atoms with Crippen LogP contribution >= 0.6 is 0 Å². The van der Waals surface area contributed by atoms with Gasteiger partial charge >= 0.3 is 0 Å². The van der Waals surface area contributed by atoms with Gasteiger partial charge in [-0.15, -0.1) is 0 Å². The average molecular weight is 90.9 g/mol. The van der Waals surface area contributed by atoms with Gasteiger partial charge < -0.3 is 0 Å². The van der Waals surface area contributed by atoms with E-state index in [9.17, 15) is 0 Å². The molecule has 0 bridgehead atoms. The van der Waals surface area contributed by atoms with Gasteiger partial charge in [-0.05, 0) is 0 Å². The van der Waals surface area contributed by atoms with Crippen molar-refractivity contribution in [2.24, 2.45) is 0 Å². The minimum absolute atomic E-state index is 1.26. The van der Waals surface area contributed by atoms with Crippen molar-refractivity contribution in [1.82, 2.24) is 4.98 Å². The number of aromatic nitrogens is 1. The van der Waals surface area contributed by atoms with Gasteiger partial charge in [0.05, 0.1) is 0 Å². The third-order valence-corrected chi connectivity index (χ3v) is 0.847. The van der Waals surface area contributed by atoms with Crippen LogP contribution in [0.3, 0.4) is 0 Å². The topological polar surface area (TPSA) is 12.9 Å². The Morgan fingerprint density at radius 3 is 2.14 bits per heavy atom. The third kappa shape index (κ3) is 1.04. The van der Waals surface area contributed by atoms with Gasteiger partial charge in [-0.3, -0.25) is 4.98 Å². The highest BCUT2D eigenvalue weighted by Gasteiger charge is 1.73. The molecule has 1 rings (SSSR count). The zero-order valence-corrected chi connectivity index (χ0v) is 4.26. The Bertz CT molecular complexity index is 138. The van der Waals surface area contributed by atoms with E-state index in [2.05, 4.69) is 4.98 Å². The molecule has 1 aromatic rings. The lowest BCUT2D eigenvalue weighted by Crippen LogP contribution is -1.98. The second-order valence-corrected chi connectivity index (χ2v) is 1.52. The molecule has 7 heavy (non-hydrogen) atoms. The van der Waals surface area contributed by atoms with Crippen LogP contribution in [0.5, 0.6) is 0 Å². The summed E-state index contributed by atoms with van der Waals surface area (Å²) in [6.45, 7) is 0. The Kier molecular flexibility index (Phi) is 1.11. The van der Waals surface area contributed by atoms with E-state index in [0.717, 1.165) is 0 Å². The molecule has 1 nitrogen and oxygen atoms in total. The first-order chi connectivity index (χ1) is 3.39. The summed E-state index contributed by atoms with van der Waals surface area (Å²) >= 11 is 0. The zero-order chi connectivity index (χ0) is 5.11. The SMILES string of the molecule is Bc1ccncc1. The molecule has 1 aromatic heterocycles. The Hall–Kier alpha value is -0.785. The summed E-state index contributed by atoms with van der Waals surface area (Å²) in [5, 5.41) is 0. The monoisotopic (exact) mass is 91.1 g/mol. The minimum Gasteiger partial charge on any atom is -0.265 e. The molecule has 0 saturated heterocycles. The summed E-state index contributed by atoms with van der Waals surface area (Å²) in [7, 11) is 2.04. The molecule has 0 atom stereocenters. The lowest BCUT2D eigenvalue weighted by atomic mass is 9.99. The molecule has 0 unspecified atom stereocenters. The van der Waals surface area contributed by atoms with Crippen molar-refractivity contribution in [2.45, 2.75) is 0 Å². The summed E-state index contributed by atoms with van der Waals surface area (Å²) in [6, 6.07) is 3.94. The van der Waals surface area contributed by atoms with Crippen LogP contribution < -0.4 is 5.46 Å². The molecule has 0 fully saturated rings. The van der Waals surface area contributed by atoms with Crippen molar-refractivity contribution in [3.8, 4) is 0 Å². The third-order valence-electron chi connectivity index (χ3n) is 0.847. The van der Waals surface area contributed by atoms with Crippen molar-refractivity contribution in [3.63, 3.8) is 0 Å². The summed E-state index contributed by atoms with van der Waals surface area (Å²) < 4.78 is 0. The van der Waals surface area contributed by atoms with Crippen LogP contribution in [0, 0.1) is 0 Å². The Balaban J connectivity index is 3.02. The van der Waals surface area contributed by atoms with E-state index in [1.165, 1.54) is 5.46 Å². The standard InChI is InChI=1S/C5H6BN/c6-5-1-3-7-4-2-5/h1-4H,6H2. The quantitative estimate of drug-likeness (QED) is 0.386. The highest BCUT2D eigenvalue weighted by atomic mass is 14.6. The molecule has 34 valence electrons. The lowest BCUT2D eigenvalue weighted by Gasteiger charge is -1.82. The summed E-state index contributed by atoms with van der Waals surface area (Å²) in [5.74, 6) is 0. The van der Waals surface area contributed by atoms with Gasteiger partial charge in [0.1, 0.15) is 7.85 Å². The molecule has 0 aromatic carbocycles. The zero-order valence-electron chi connectivity index (χ0n) is 4.26. The Morgan fingerprint density at radius 1 is 1.29 bits per heavy atom. The number of pyridine rings is 1. The maximum atomic E-state index is 3.85. The minimum atomic E-state index is 1.26. The van der Waals surface area contributed by atoms with Crippen LogP contribution in [0.15, 0.2) is 24.5 Å². The van der Waals surface area contributed by atoms with E-state index in [0.29, 0.717) is 0 Å². The van der Waals surface area contributed by atoms with Gasteiger partial charge in [0.15, 0.2) is 0 Å². The first-order valence-corrected chi connectivity index (χ1v) is 2.26. The number of hydrogen-bond acceptors (Lipinski definition) is 1. The first kappa shape index (κ1) is 4.38. The maximum Gasteiger partial charge on any atom is 0.139 e. The number of rotatable bonds is 0. The van der Waals surface area contributed by atoms with Crippen molar-refractivity contribution in [2.75, 3.05) is 0 Å². The predicted octanol–water partition coefficient (Wildman–Crippen LogP) is -0.660. The van der Waals surface area contributed by atoms with Gasteiger partial charge in [0, 0.05) is 12.4 Å². The van der Waals surface area contributed by atoms with Gasteiger partial charge in [-0.25, -0.2) is 0 Å². The second kappa shape index (κ2) is 1.78. The van der Waals surface area contributed by atoms with Crippen LogP contribution in [0.1, 0.15) is 0 Å². The van der Waals surface area contributed by atoms with Crippen LogP contribution in [0.25, 0.3) is 0 Å². The molecule has 0 spiro atoms. The fraction of sp³-hybridized carbons (Fsp3) is 0. The molecule has 2 heteroatoms. The summed E-state index contributed by atoms with van der Waals surface area (Å²) in [6.07, 6.45) is 3.57.